The quantitative estimate of drug-likeness (QED) is 0.425. The van der Waals surface area contributed by atoms with Crippen LogP contribution in [-0.4, -0.2) is 33.2 Å². The van der Waals surface area contributed by atoms with E-state index in [1.807, 2.05) is 54.2 Å². The molecule has 0 fully saturated rings. The molecule has 0 atom stereocenters. The first-order valence-electron chi connectivity index (χ1n) is 10.6. The zero-order valence-electron chi connectivity index (χ0n) is 18.5. The van der Waals surface area contributed by atoms with Crippen molar-refractivity contribution in [3.8, 4) is 28.5 Å². The van der Waals surface area contributed by atoms with Gasteiger partial charge in [-0.05, 0) is 42.5 Å². The zero-order valence-corrected chi connectivity index (χ0v) is 18.5. The molecule has 8 heteroatoms. The molecule has 0 aliphatic rings. The van der Waals surface area contributed by atoms with Crippen LogP contribution >= 0.6 is 0 Å². The van der Waals surface area contributed by atoms with Gasteiger partial charge in [0.2, 0.25) is 0 Å². The molecule has 0 saturated heterocycles. The van der Waals surface area contributed by atoms with Crippen molar-refractivity contribution in [1.82, 2.24) is 33.2 Å². The fraction of sp³-hybridized carbons (Fsp3) is 0.120. The second-order valence-electron chi connectivity index (χ2n) is 8.15. The molecular formula is C25H21N7O. The minimum Gasteiger partial charge on any atom is -0.331 e. The van der Waals surface area contributed by atoms with Crippen LogP contribution in [0.5, 0.6) is 0 Å². The van der Waals surface area contributed by atoms with Crippen molar-refractivity contribution in [3.63, 3.8) is 0 Å². The van der Waals surface area contributed by atoms with Crippen LogP contribution in [0.25, 0.3) is 50.5 Å². The molecule has 4 aromatic heterocycles. The molecule has 0 saturated carbocycles. The number of pyridine rings is 1. The normalized spacial score (nSPS) is 11.6. The number of fused-ring (bicyclic) bond motifs is 2. The van der Waals surface area contributed by atoms with Gasteiger partial charge in [-0.2, -0.15) is 0 Å². The van der Waals surface area contributed by atoms with Crippen LogP contribution in [0.1, 0.15) is 0 Å². The Kier molecular flexibility index (Phi) is 4.10. The van der Waals surface area contributed by atoms with E-state index in [0.717, 1.165) is 50.5 Å². The average molecular weight is 435 g/mol. The number of rotatable bonds is 3. The summed E-state index contributed by atoms with van der Waals surface area (Å²) in [6.45, 7) is 0. The fourth-order valence-electron chi connectivity index (χ4n) is 4.41. The van der Waals surface area contributed by atoms with E-state index in [4.69, 9.17) is 4.98 Å². The number of hydrogen-bond acceptors (Lipinski definition) is 4. The molecule has 0 bridgehead atoms. The highest BCUT2D eigenvalue weighted by molar-refractivity contribution is 5.88. The van der Waals surface area contributed by atoms with E-state index >= 15 is 0 Å². The highest BCUT2D eigenvalue weighted by Crippen LogP contribution is 2.31. The standard InChI is InChI=1S/C25H21N7O/c1-29-15-26-14-23(29)24-28-19-12-16(18-6-4-5-11-27-18)7-9-20(19)32(24)17-8-10-21-22(13-17)31(3)25(33)30(21)2/h4-15H,1-3H3. The van der Waals surface area contributed by atoms with E-state index in [9.17, 15) is 4.79 Å². The molecule has 0 unspecified atom stereocenters. The molecule has 2 aromatic carbocycles. The Morgan fingerprint density at radius 1 is 0.848 bits per heavy atom. The molecule has 33 heavy (non-hydrogen) atoms. The van der Waals surface area contributed by atoms with Gasteiger partial charge in [0.1, 0.15) is 5.69 Å². The van der Waals surface area contributed by atoms with Crippen molar-refractivity contribution in [2.75, 3.05) is 0 Å². The smallest absolute Gasteiger partial charge is 0.328 e. The molecule has 6 aromatic rings. The molecule has 162 valence electrons. The van der Waals surface area contributed by atoms with Gasteiger partial charge in [0.15, 0.2) is 5.82 Å². The lowest BCUT2D eigenvalue weighted by Crippen LogP contribution is -2.19. The predicted octanol–water partition coefficient (Wildman–Crippen LogP) is 3.68. The summed E-state index contributed by atoms with van der Waals surface area (Å²) in [4.78, 5) is 26.2. The van der Waals surface area contributed by atoms with E-state index in [1.165, 1.54) is 0 Å². The molecule has 0 aliphatic heterocycles. The van der Waals surface area contributed by atoms with Crippen LogP contribution in [0.2, 0.25) is 0 Å². The maximum Gasteiger partial charge on any atom is 0.328 e. The second kappa shape index (κ2) is 7.03. The minimum atomic E-state index is -0.0514. The Balaban J connectivity index is 1.65. The summed E-state index contributed by atoms with van der Waals surface area (Å²) in [5, 5.41) is 0. The Hall–Kier alpha value is -4.46. The molecule has 0 radical (unpaired) electrons. The molecule has 6 rings (SSSR count). The summed E-state index contributed by atoms with van der Waals surface area (Å²) >= 11 is 0. The Morgan fingerprint density at radius 3 is 2.42 bits per heavy atom. The van der Waals surface area contributed by atoms with E-state index in [1.54, 1.807) is 35.8 Å². The van der Waals surface area contributed by atoms with Crippen molar-refractivity contribution in [2.45, 2.75) is 0 Å². The summed E-state index contributed by atoms with van der Waals surface area (Å²) in [6, 6.07) is 18.1. The fourth-order valence-corrected chi connectivity index (χ4v) is 4.41. The van der Waals surface area contributed by atoms with Crippen molar-refractivity contribution in [3.05, 3.63) is 83.8 Å². The average Bonchev–Trinajstić information content (AvgIpc) is 3.50. The minimum absolute atomic E-state index is 0.0514. The SMILES string of the molecule is Cn1cncc1-c1nc2cc(-c3ccccn3)ccc2n1-c1ccc2c(c1)n(C)c(=O)n2C. The molecule has 0 N–H and O–H groups in total. The lowest BCUT2D eigenvalue weighted by atomic mass is 10.1. The van der Waals surface area contributed by atoms with E-state index in [2.05, 4.69) is 32.7 Å². The van der Waals surface area contributed by atoms with Crippen molar-refractivity contribution in [2.24, 2.45) is 21.1 Å². The summed E-state index contributed by atoms with van der Waals surface area (Å²) in [5.74, 6) is 0.781. The molecular weight excluding hydrogens is 414 g/mol. The van der Waals surface area contributed by atoms with Gasteiger partial charge in [0, 0.05) is 38.6 Å². The second-order valence-corrected chi connectivity index (χ2v) is 8.15. The van der Waals surface area contributed by atoms with Crippen LogP contribution < -0.4 is 5.69 Å². The number of imidazole rings is 3. The zero-order chi connectivity index (χ0) is 22.7. The molecule has 8 nitrogen and oxygen atoms in total. The summed E-state index contributed by atoms with van der Waals surface area (Å²) in [5.41, 5.74) is 7.24. The summed E-state index contributed by atoms with van der Waals surface area (Å²) in [7, 11) is 5.54. The third-order valence-corrected chi connectivity index (χ3v) is 6.17. The number of benzene rings is 2. The van der Waals surface area contributed by atoms with Crippen LogP contribution in [0.4, 0.5) is 0 Å². The largest absolute Gasteiger partial charge is 0.331 e. The van der Waals surface area contributed by atoms with Crippen LogP contribution in [0.15, 0.2) is 78.1 Å². The monoisotopic (exact) mass is 435 g/mol. The first-order chi connectivity index (χ1) is 16.0. The number of nitrogens with zero attached hydrogens (tertiary/aromatic N) is 7. The summed E-state index contributed by atoms with van der Waals surface area (Å²) < 4.78 is 7.40. The van der Waals surface area contributed by atoms with Gasteiger partial charge >= 0.3 is 5.69 Å². The van der Waals surface area contributed by atoms with Crippen molar-refractivity contribution in [1.29, 1.82) is 0 Å². The summed E-state index contributed by atoms with van der Waals surface area (Å²) in [6.07, 6.45) is 5.37. The van der Waals surface area contributed by atoms with E-state index < -0.39 is 0 Å². The van der Waals surface area contributed by atoms with Gasteiger partial charge in [-0.25, -0.2) is 14.8 Å². The predicted molar refractivity (Wildman–Crippen MR) is 128 cm³/mol. The third-order valence-electron chi connectivity index (χ3n) is 6.17. The first-order valence-corrected chi connectivity index (χ1v) is 10.6. The van der Waals surface area contributed by atoms with Crippen molar-refractivity contribution < 1.29 is 0 Å². The van der Waals surface area contributed by atoms with Gasteiger partial charge < -0.3 is 4.57 Å². The maximum absolute atomic E-state index is 12.5. The molecule has 0 aliphatic carbocycles. The van der Waals surface area contributed by atoms with Crippen LogP contribution in [0.3, 0.4) is 0 Å². The van der Waals surface area contributed by atoms with Gasteiger partial charge in [-0.15, -0.1) is 0 Å². The Labute approximate surface area is 189 Å². The number of aromatic nitrogens is 7. The van der Waals surface area contributed by atoms with E-state index in [0.29, 0.717) is 0 Å². The third kappa shape index (κ3) is 2.84. The van der Waals surface area contributed by atoms with Gasteiger partial charge in [0.25, 0.3) is 0 Å². The Morgan fingerprint density at radius 2 is 1.67 bits per heavy atom. The van der Waals surface area contributed by atoms with Crippen molar-refractivity contribution >= 4 is 22.1 Å². The number of aryl methyl sites for hydroxylation is 3. The molecule has 0 spiro atoms. The highest BCUT2D eigenvalue weighted by atomic mass is 16.1. The van der Waals surface area contributed by atoms with E-state index in [-0.39, 0.29) is 5.69 Å². The maximum atomic E-state index is 12.5. The Bertz CT molecular complexity index is 1720. The number of hydrogen-bond donors (Lipinski definition) is 0. The lowest BCUT2D eigenvalue weighted by Gasteiger charge is -2.11. The molecule has 0 amide bonds. The van der Waals surface area contributed by atoms with Crippen LogP contribution in [0, 0.1) is 0 Å². The first kappa shape index (κ1) is 19.2. The van der Waals surface area contributed by atoms with Gasteiger partial charge in [-0.3, -0.25) is 18.7 Å². The lowest BCUT2D eigenvalue weighted by molar-refractivity contribution is 0.795. The topological polar surface area (TPSA) is 75.5 Å². The van der Waals surface area contributed by atoms with Gasteiger partial charge in [0.05, 0.1) is 40.3 Å². The molecule has 4 heterocycles. The highest BCUT2D eigenvalue weighted by Gasteiger charge is 2.19. The van der Waals surface area contributed by atoms with Crippen LogP contribution in [-0.2, 0) is 21.1 Å². The van der Waals surface area contributed by atoms with Gasteiger partial charge in [-0.1, -0.05) is 12.1 Å².